The fourth-order valence-electron chi connectivity index (χ4n) is 3.05. The van der Waals surface area contributed by atoms with Crippen LogP contribution in [0.4, 0.5) is 13.2 Å². The number of hydrogen-bond donors (Lipinski definition) is 1. The molecular formula is C16H18F3N5O2. The number of nitrogens with zero attached hydrogens (tertiary/aromatic N) is 5. The number of aliphatic hydroxyl groups is 1. The van der Waals surface area contributed by atoms with Gasteiger partial charge in [-0.15, -0.1) is 5.10 Å². The van der Waals surface area contributed by atoms with E-state index in [0.717, 1.165) is 12.1 Å². The maximum absolute atomic E-state index is 12.9. The fraction of sp³-hybridized carbons (Fsp3) is 0.500. The summed E-state index contributed by atoms with van der Waals surface area (Å²) in [7, 11) is 0. The molecule has 0 saturated carbocycles. The molecule has 1 aliphatic heterocycles. The topological polar surface area (TPSA) is 84.1 Å². The predicted molar refractivity (Wildman–Crippen MR) is 83.6 cm³/mol. The molecule has 1 amide bonds. The molecule has 0 spiro atoms. The van der Waals surface area contributed by atoms with Crippen LogP contribution in [-0.4, -0.2) is 49.2 Å². The lowest BCUT2D eigenvalue weighted by molar-refractivity contribution is -0.137. The summed E-state index contributed by atoms with van der Waals surface area (Å²) in [5.74, 6) is -0.105. The van der Waals surface area contributed by atoms with Gasteiger partial charge in [-0.3, -0.25) is 4.79 Å². The van der Waals surface area contributed by atoms with E-state index in [1.165, 1.54) is 23.1 Å². The van der Waals surface area contributed by atoms with Crippen LogP contribution in [0.5, 0.6) is 0 Å². The first kappa shape index (κ1) is 18.3. The van der Waals surface area contributed by atoms with E-state index in [1.807, 2.05) is 0 Å². The number of aryl methyl sites for hydroxylation is 1. The largest absolute Gasteiger partial charge is 0.416 e. The van der Waals surface area contributed by atoms with E-state index >= 15 is 0 Å². The third kappa shape index (κ3) is 4.01. The molecule has 1 aliphatic rings. The number of halogens is 3. The number of aromatic nitrogens is 4. The first-order chi connectivity index (χ1) is 12.3. The maximum atomic E-state index is 12.9. The van der Waals surface area contributed by atoms with Crippen molar-refractivity contribution in [3.05, 3.63) is 41.7 Å². The van der Waals surface area contributed by atoms with Crippen molar-refractivity contribution in [1.82, 2.24) is 25.1 Å². The maximum Gasteiger partial charge on any atom is 0.416 e. The number of carbonyl (C=O) groups excluding carboxylic acids is 1. The van der Waals surface area contributed by atoms with Crippen molar-refractivity contribution in [1.29, 1.82) is 0 Å². The minimum absolute atomic E-state index is 0.105. The Hall–Kier alpha value is -2.49. The molecule has 140 valence electrons. The van der Waals surface area contributed by atoms with E-state index in [4.69, 9.17) is 0 Å². The van der Waals surface area contributed by atoms with Gasteiger partial charge in [-0.1, -0.05) is 12.1 Å². The molecule has 0 aliphatic carbocycles. The fourth-order valence-corrected chi connectivity index (χ4v) is 3.05. The van der Waals surface area contributed by atoms with Crippen LogP contribution in [0.3, 0.4) is 0 Å². The normalized spacial score (nSPS) is 17.3. The number of tetrazole rings is 1. The van der Waals surface area contributed by atoms with Crippen LogP contribution in [0.15, 0.2) is 30.6 Å². The van der Waals surface area contributed by atoms with Crippen molar-refractivity contribution in [2.24, 2.45) is 0 Å². The van der Waals surface area contributed by atoms with Gasteiger partial charge in [-0.25, -0.2) is 4.68 Å². The molecule has 7 nitrogen and oxygen atoms in total. The zero-order chi connectivity index (χ0) is 18.8. The van der Waals surface area contributed by atoms with Gasteiger partial charge in [-0.05, 0) is 41.0 Å². The zero-order valence-corrected chi connectivity index (χ0v) is 13.9. The predicted octanol–water partition coefficient (Wildman–Crippen LogP) is 1.59. The van der Waals surface area contributed by atoms with Crippen LogP contribution in [-0.2, 0) is 23.1 Å². The number of amides is 1. The Balaban J connectivity index is 1.61. The number of rotatable bonds is 4. The van der Waals surface area contributed by atoms with Gasteiger partial charge in [0.05, 0.1) is 17.7 Å². The average molecular weight is 369 g/mol. The van der Waals surface area contributed by atoms with E-state index < -0.39 is 17.3 Å². The number of alkyl halides is 3. The SMILES string of the molecule is O=C(CCn1cnnn1)N1CCC(O)(c2cccc(C(F)(F)F)c2)CC1. The molecule has 0 bridgehead atoms. The lowest BCUT2D eigenvalue weighted by Gasteiger charge is -2.38. The summed E-state index contributed by atoms with van der Waals surface area (Å²) in [5.41, 5.74) is -1.93. The molecule has 1 fully saturated rings. The molecule has 2 heterocycles. The Morgan fingerprint density at radius 2 is 2.00 bits per heavy atom. The van der Waals surface area contributed by atoms with Crippen molar-refractivity contribution < 1.29 is 23.1 Å². The summed E-state index contributed by atoms with van der Waals surface area (Å²) in [6.07, 6.45) is -2.46. The van der Waals surface area contributed by atoms with E-state index in [9.17, 15) is 23.1 Å². The number of likely N-dealkylation sites (tertiary alicyclic amines) is 1. The second-order valence-corrected chi connectivity index (χ2v) is 6.31. The number of carbonyl (C=O) groups is 1. The highest BCUT2D eigenvalue weighted by atomic mass is 19.4. The van der Waals surface area contributed by atoms with Gasteiger partial charge < -0.3 is 10.0 Å². The standard InChI is InChI=1S/C16H18F3N5O2/c17-16(18,19)13-3-1-2-12(10-13)15(26)5-8-23(9-6-15)14(25)4-7-24-11-20-21-22-24/h1-3,10-11,26H,4-9H2. The summed E-state index contributed by atoms with van der Waals surface area (Å²) in [5, 5.41) is 21.4. The molecule has 26 heavy (non-hydrogen) atoms. The van der Waals surface area contributed by atoms with Crippen molar-refractivity contribution >= 4 is 5.91 Å². The first-order valence-corrected chi connectivity index (χ1v) is 8.17. The van der Waals surface area contributed by atoms with Gasteiger partial charge in [0.1, 0.15) is 6.33 Å². The molecule has 0 atom stereocenters. The number of benzene rings is 1. The van der Waals surface area contributed by atoms with E-state index in [1.54, 1.807) is 4.90 Å². The van der Waals surface area contributed by atoms with Crippen molar-refractivity contribution in [2.75, 3.05) is 13.1 Å². The van der Waals surface area contributed by atoms with Crippen LogP contribution >= 0.6 is 0 Å². The summed E-state index contributed by atoms with van der Waals surface area (Å²) >= 11 is 0. The zero-order valence-electron chi connectivity index (χ0n) is 13.9. The molecule has 1 saturated heterocycles. The van der Waals surface area contributed by atoms with Gasteiger partial charge in [0.2, 0.25) is 5.91 Å². The summed E-state index contributed by atoms with van der Waals surface area (Å²) < 4.78 is 40.1. The van der Waals surface area contributed by atoms with Crippen LogP contribution in [0.2, 0.25) is 0 Å². The summed E-state index contributed by atoms with van der Waals surface area (Å²) in [6.45, 7) is 0.905. The Kier molecular flexibility index (Phi) is 4.94. The Morgan fingerprint density at radius 1 is 1.27 bits per heavy atom. The molecule has 2 aromatic rings. The Bertz CT molecular complexity index is 755. The molecule has 3 rings (SSSR count). The minimum Gasteiger partial charge on any atom is -0.385 e. The molecule has 1 N–H and O–H groups in total. The van der Waals surface area contributed by atoms with Crippen molar-refractivity contribution in [2.45, 2.75) is 37.6 Å². The Labute approximate surface area is 147 Å². The minimum atomic E-state index is -4.46. The summed E-state index contributed by atoms with van der Waals surface area (Å²) in [4.78, 5) is 13.8. The van der Waals surface area contributed by atoms with Crippen LogP contribution < -0.4 is 0 Å². The van der Waals surface area contributed by atoms with Crippen molar-refractivity contribution in [3.63, 3.8) is 0 Å². The highest BCUT2D eigenvalue weighted by Crippen LogP contribution is 2.36. The van der Waals surface area contributed by atoms with E-state index in [-0.39, 0.29) is 43.8 Å². The molecule has 1 aromatic carbocycles. The quantitative estimate of drug-likeness (QED) is 0.885. The van der Waals surface area contributed by atoms with E-state index in [0.29, 0.717) is 6.54 Å². The second-order valence-electron chi connectivity index (χ2n) is 6.31. The third-order valence-corrected chi connectivity index (χ3v) is 4.62. The number of piperidine rings is 1. The Morgan fingerprint density at radius 3 is 2.62 bits per heavy atom. The molecule has 10 heteroatoms. The molecule has 0 radical (unpaired) electrons. The lowest BCUT2D eigenvalue weighted by Crippen LogP contribution is -2.45. The first-order valence-electron chi connectivity index (χ1n) is 8.17. The summed E-state index contributed by atoms with van der Waals surface area (Å²) in [6, 6.07) is 4.74. The van der Waals surface area contributed by atoms with Gasteiger partial charge in [0.15, 0.2) is 0 Å². The van der Waals surface area contributed by atoms with Crippen molar-refractivity contribution in [3.8, 4) is 0 Å². The number of hydrogen-bond acceptors (Lipinski definition) is 5. The van der Waals surface area contributed by atoms with Gasteiger partial charge in [0.25, 0.3) is 0 Å². The van der Waals surface area contributed by atoms with Gasteiger partial charge in [-0.2, -0.15) is 13.2 Å². The third-order valence-electron chi connectivity index (χ3n) is 4.62. The highest BCUT2D eigenvalue weighted by molar-refractivity contribution is 5.76. The van der Waals surface area contributed by atoms with Crippen LogP contribution in [0.1, 0.15) is 30.4 Å². The van der Waals surface area contributed by atoms with Gasteiger partial charge >= 0.3 is 6.18 Å². The lowest BCUT2D eigenvalue weighted by atomic mass is 9.83. The van der Waals surface area contributed by atoms with Crippen LogP contribution in [0.25, 0.3) is 0 Å². The monoisotopic (exact) mass is 369 g/mol. The van der Waals surface area contributed by atoms with Crippen LogP contribution in [0, 0.1) is 0 Å². The smallest absolute Gasteiger partial charge is 0.385 e. The molecule has 1 aromatic heterocycles. The average Bonchev–Trinajstić information content (AvgIpc) is 3.13. The second kappa shape index (κ2) is 7.02. The van der Waals surface area contributed by atoms with Gasteiger partial charge in [0, 0.05) is 19.5 Å². The van der Waals surface area contributed by atoms with E-state index in [2.05, 4.69) is 15.5 Å². The molecule has 0 unspecified atom stereocenters. The highest BCUT2D eigenvalue weighted by Gasteiger charge is 2.37. The molecular weight excluding hydrogens is 351 g/mol.